The number of amides is 2. The minimum absolute atomic E-state index is 0.0157. The van der Waals surface area contributed by atoms with E-state index in [0.29, 0.717) is 23.4 Å². The second kappa shape index (κ2) is 11.3. The summed E-state index contributed by atoms with van der Waals surface area (Å²) in [6.45, 7) is 3.64. The van der Waals surface area contributed by atoms with Gasteiger partial charge in [0.1, 0.15) is 0 Å². The summed E-state index contributed by atoms with van der Waals surface area (Å²) >= 11 is 1.40. The Labute approximate surface area is 196 Å². The maximum atomic E-state index is 12.8. The Balaban J connectivity index is 1.63. The van der Waals surface area contributed by atoms with E-state index >= 15 is 0 Å². The van der Waals surface area contributed by atoms with Crippen molar-refractivity contribution in [2.45, 2.75) is 36.8 Å². The molecular formula is C25H25N3O4S. The normalized spacial score (nSPS) is 11.5. The van der Waals surface area contributed by atoms with Crippen LogP contribution >= 0.6 is 11.8 Å². The summed E-state index contributed by atoms with van der Waals surface area (Å²) in [5, 5.41) is 16.3. The van der Waals surface area contributed by atoms with Gasteiger partial charge in [0.15, 0.2) is 0 Å². The fraction of sp³-hybridized carbons (Fsp3) is 0.200. The fourth-order valence-electron chi connectivity index (χ4n) is 3.24. The molecule has 0 saturated heterocycles. The van der Waals surface area contributed by atoms with Gasteiger partial charge in [0, 0.05) is 28.4 Å². The molecule has 33 heavy (non-hydrogen) atoms. The van der Waals surface area contributed by atoms with E-state index in [0.717, 1.165) is 10.5 Å². The number of non-ortho nitro benzene ring substituents is 1. The van der Waals surface area contributed by atoms with Crippen molar-refractivity contribution in [1.82, 2.24) is 0 Å². The van der Waals surface area contributed by atoms with E-state index in [1.165, 1.54) is 23.9 Å². The smallest absolute Gasteiger partial charge is 0.269 e. The summed E-state index contributed by atoms with van der Waals surface area (Å²) in [5.41, 5.74) is 2.76. The van der Waals surface area contributed by atoms with Crippen LogP contribution in [0.5, 0.6) is 0 Å². The summed E-state index contributed by atoms with van der Waals surface area (Å²) < 4.78 is 0. The zero-order chi connectivity index (χ0) is 23.8. The topological polar surface area (TPSA) is 101 Å². The van der Waals surface area contributed by atoms with Crippen molar-refractivity contribution < 1.29 is 14.5 Å². The highest BCUT2D eigenvalue weighted by molar-refractivity contribution is 8.00. The number of nitro benzene ring substituents is 1. The number of hydrogen-bond donors (Lipinski definition) is 2. The number of nitro groups is 1. The van der Waals surface area contributed by atoms with Crippen LogP contribution in [-0.2, 0) is 16.0 Å². The minimum Gasteiger partial charge on any atom is -0.326 e. The molecule has 1 unspecified atom stereocenters. The maximum Gasteiger partial charge on any atom is 0.269 e. The Morgan fingerprint density at radius 3 is 2.42 bits per heavy atom. The van der Waals surface area contributed by atoms with Crippen molar-refractivity contribution >= 4 is 40.6 Å². The molecule has 2 N–H and O–H groups in total. The number of hydrogen-bond acceptors (Lipinski definition) is 5. The van der Waals surface area contributed by atoms with Gasteiger partial charge < -0.3 is 10.6 Å². The van der Waals surface area contributed by atoms with Gasteiger partial charge in [-0.05, 0) is 48.7 Å². The molecule has 0 heterocycles. The molecule has 0 aliphatic rings. The van der Waals surface area contributed by atoms with Crippen molar-refractivity contribution in [2.75, 3.05) is 10.6 Å². The molecule has 0 saturated carbocycles. The van der Waals surface area contributed by atoms with Crippen LogP contribution in [-0.4, -0.2) is 22.0 Å². The van der Waals surface area contributed by atoms with E-state index in [1.54, 1.807) is 13.0 Å². The van der Waals surface area contributed by atoms with Crippen molar-refractivity contribution in [3.8, 4) is 0 Å². The summed E-state index contributed by atoms with van der Waals surface area (Å²) in [4.78, 5) is 36.5. The SMILES string of the molecule is CCC(Sc1cccc(NC(=O)Cc2ccccc2)c1)C(=O)Nc1ccc([N+](=O)[O-])cc1C. The summed E-state index contributed by atoms with van der Waals surface area (Å²) in [7, 11) is 0. The maximum absolute atomic E-state index is 12.8. The van der Waals surface area contributed by atoms with Crippen molar-refractivity contribution in [2.24, 2.45) is 0 Å². The first-order valence-electron chi connectivity index (χ1n) is 10.5. The van der Waals surface area contributed by atoms with Gasteiger partial charge in [-0.25, -0.2) is 0 Å². The summed E-state index contributed by atoms with van der Waals surface area (Å²) in [6, 6.07) is 21.3. The van der Waals surface area contributed by atoms with E-state index in [-0.39, 0.29) is 29.2 Å². The number of carbonyl (C=O) groups is 2. The lowest BCUT2D eigenvalue weighted by atomic mass is 10.1. The number of rotatable bonds is 9. The molecule has 170 valence electrons. The fourth-order valence-corrected chi connectivity index (χ4v) is 4.25. The highest BCUT2D eigenvalue weighted by Gasteiger charge is 2.20. The van der Waals surface area contributed by atoms with Crippen LogP contribution in [0.1, 0.15) is 24.5 Å². The second-order valence-electron chi connectivity index (χ2n) is 7.50. The molecule has 2 amide bonds. The highest BCUT2D eigenvalue weighted by atomic mass is 32.2. The molecule has 0 aromatic heterocycles. The Morgan fingerprint density at radius 2 is 1.76 bits per heavy atom. The molecule has 3 rings (SSSR count). The lowest BCUT2D eigenvalue weighted by Crippen LogP contribution is -2.25. The second-order valence-corrected chi connectivity index (χ2v) is 8.77. The molecule has 0 fully saturated rings. The highest BCUT2D eigenvalue weighted by Crippen LogP contribution is 2.29. The molecule has 3 aromatic rings. The number of benzene rings is 3. The van der Waals surface area contributed by atoms with E-state index in [4.69, 9.17) is 0 Å². The van der Waals surface area contributed by atoms with E-state index in [1.807, 2.05) is 61.5 Å². The van der Waals surface area contributed by atoms with Crippen molar-refractivity contribution in [1.29, 1.82) is 0 Å². The standard InChI is InChI=1S/C25H25N3O4S/c1-3-23(25(30)27-22-13-12-20(28(31)32)14-17(22)2)33-21-11-7-10-19(16-21)26-24(29)15-18-8-5-4-6-9-18/h4-14,16,23H,3,15H2,1-2H3,(H,26,29)(H,27,30). The molecule has 0 radical (unpaired) electrons. The Morgan fingerprint density at radius 1 is 1.00 bits per heavy atom. The molecule has 0 aliphatic heterocycles. The van der Waals surface area contributed by atoms with Crippen LogP contribution in [0.15, 0.2) is 77.7 Å². The van der Waals surface area contributed by atoms with Gasteiger partial charge in [-0.15, -0.1) is 11.8 Å². The average Bonchev–Trinajstić information content (AvgIpc) is 2.79. The van der Waals surface area contributed by atoms with E-state index in [2.05, 4.69) is 10.6 Å². The first kappa shape index (κ1) is 24.0. The predicted octanol–water partition coefficient (Wildman–Crippen LogP) is 5.59. The third-order valence-electron chi connectivity index (χ3n) is 4.95. The van der Waals surface area contributed by atoms with Gasteiger partial charge in [0.25, 0.3) is 5.69 Å². The van der Waals surface area contributed by atoms with Crippen LogP contribution in [0.4, 0.5) is 17.1 Å². The summed E-state index contributed by atoms with van der Waals surface area (Å²) in [6.07, 6.45) is 0.875. The van der Waals surface area contributed by atoms with Crippen molar-refractivity contribution in [3.63, 3.8) is 0 Å². The number of nitrogens with zero attached hydrogens (tertiary/aromatic N) is 1. The lowest BCUT2D eigenvalue weighted by molar-refractivity contribution is -0.384. The number of nitrogens with one attached hydrogen (secondary N) is 2. The number of thioether (sulfide) groups is 1. The number of aryl methyl sites for hydroxylation is 1. The van der Waals surface area contributed by atoms with Crippen LogP contribution in [0.25, 0.3) is 0 Å². The van der Waals surface area contributed by atoms with Gasteiger partial charge in [0.05, 0.1) is 16.6 Å². The van der Waals surface area contributed by atoms with Gasteiger partial charge in [0.2, 0.25) is 11.8 Å². The molecular weight excluding hydrogens is 438 g/mol. The van der Waals surface area contributed by atoms with Crippen LogP contribution < -0.4 is 10.6 Å². The molecule has 8 heteroatoms. The Hall–Kier alpha value is -3.65. The molecule has 7 nitrogen and oxygen atoms in total. The van der Waals surface area contributed by atoms with Crippen molar-refractivity contribution in [3.05, 3.63) is 94.0 Å². The predicted molar refractivity (Wildman–Crippen MR) is 132 cm³/mol. The molecule has 0 spiro atoms. The molecule has 0 bridgehead atoms. The Bertz CT molecular complexity index is 1150. The summed E-state index contributed by atoms with van der Waals surface area (Å²) in [5.74, 6) is -0.292. The Kier molecular flexibility index (Phi) is 8.21. The third kappa shape index (κ3) is 6.92. The zero-order valence-electron chi connectivity index (χ0n) is 18.4. The zero-order valence-corrected chi connectivity index (χ0v) is 19.2. The quantitative estimate of drug-likeness (QED) is 0.245. The van der Waals surface area contributed by atoms with Crippen LogP contribution in [0.2, 0.25) is 0 Å². The first-order valence-corrected chi connectivity index (χ1v) is 11.4. The molecule has 1 atom stereocenters. The van der Waals surface area contributed by atoms with Crippen LogP contribution in [0.3, 0.4) is 0 Å². The number of carbonyl (C=O) groups excluding carboxylic acids is 2. The lowest BCUT2D eigenvalue weighted by Gasteiger charge is -2.16. The largest absolute Gasteiger partial charge is 0.326 e. The van der Waals surface area contributed by atoms with Gasteiger partial charge in [-0.1, -0.05) is 43.3 Å². The third-order valence-corrected chi connectivity index (χ3v) is 6.30. The monoisotopic (exact) mass is 463 g/mol. The molecule has 3 aromatic carbocycles. The van der Waals surface area contributed by atoms with E-state index < -0.39 is 4.92 Å². The average molecular weight is 464 g/mol. The van der Waals surface area contributed by atoms with Gasteiger partial charge >= 0.3 is 0 Å². The first-order chi connectivity index (χ1) is 15.9. The van der Waals surface area contributed by atoms with Crippen LogP contribution in [0, 0.1) is 17.0 Å². The van der Waals surface area contributed by atoms with Gasteiger partial charge in [-0.2, -0.15) is 0 Å². The molecule has 0 aliphatic carbocycles. The number of anilines is 2. The van der Waals surface area contributed by atoms with Gasteiger partial charge in [-0.3, -0.25) is 19.7 Å². The van der Waals surface area contributed by atoms with E-state index in [9.17, 15) is 19.7 Å². The minimum atomic E-state index is -0.463.